The quantitative estimate of drug-likeness (QED) is 0.836. The van der Waals surface area contributed by atoms with Crippen molar-refractivity contribution in [3.8, 4) is 0 Å². The minimum Gasteiger partial charge on any atom is -0.443 e. The lowest BCUT2D eigenvalue weighted by atomic mass is 10.2. The third-order valence-electron chi connectivity index (χ3n) is 2.96. The van der Waals surface area contributed by atoms with E-state index in [4.69, 9.17) is 9.47 Å². The molecule has 2 rings (SSSR count). The van der Waals surface area contributed by atoms with Gasteiger partial charge in [-0.3, -0.25) is 4.79 Å². The van der Waals surface area contributed by atoms with Crippen molar-refractivity contribution in [2.75, 3.05) is 13.1 Å². The van der Waals surface area contributed by atoms with Gasteiger partial charge >= 0.3 is 12.2 Å². The summed E-state index contributed by atoms with van der Waals surface area (Å²) in [6.07, 6.45) is -1.51. The van der Waals surface area contributed by atoms with Gasteiger partial charge in [-0.25, -0.2) is 19.6 Å². The Morgan fingerprint density at radius 1 is 1.04 bits per heavy atom. The van der Waals surface area contributed by atoms with E-state index in [9.17, 15) is 14.4 Å². The Hall–Kier alpha value is -2.57. The van der Waals surface area contributed by atoms with E-state index in [1.54, 1.807) is 20.8 Å². The molecule has 1 heterocycles. The molecule has 1 aromatic carbocycles. The van der Waals surface area contributed by atoms with E-state index in [-0.39, 0.29) is 25.5 Å². The summed E-state index contributed by atoms with van der Waals surface area (Å²) in [6.45, 7) is 4.79. The van der Waals surface area contributed by atoms with Crippen molar-refractivity contribution >= 4 is 18.0 Å². The van der Waals surface area contributed by atoms with E-state index in [0.717, 1.165) is 15.6 Å². The summed E-state index contributed by atoms with van der Waals surface area (Å²) in [5, 5.41) is 1.94. The fraction of sp³-hybridized carbons (Fsp3) is 0.438. The fourth-order valence-corrected chi connectivity index (χ4v) is 1.99. The van der Waals surface area contributed by atoms with Crippen LogP contribution >= 0.6 is 0 Å². The molecule has 0 unspecified atom stereocenters. The summed E-state index contributed by atoms with van der Waals surface area (Å²) < 4.78 is 10.4. The summed E-state index contributed by atoms with van der Waals surface area (Å²) in [5.41, 5.74) is 0.0951. The number of hydrogen-bond donors (Lipinski definition) is 0. The van der Waals surface area contributed by atoms with Crippen molar-refractivity contribution in [2.45, 2.75) is 33.0 Å². The molecule has 0 aromatic heterocycles. The molecular formula is C16H20N2O5. The zero-order chi connectivity index (χ0) is 17.0. The molecule has 7 nitrogen and oxygen atoms in total. The van der Waals surface area contributed by atoms with Gasteiger partial charge in [0.05, 0.1) is 0 Å². The van der Waals surface area contributed by atoms with Crippen molar-refractivity contribution in [1.82, 2.24) is 10.0 Å². The molecule has 0 saturated carbocycles. The molecule has 0 radical (unpaired) electrons. The van der Waals surface area contributed by atoms with Crippen LogP contribution in [0.1, 0.15) is 26.3 Å². The predicted octanol–water partition coefficient (Wildman–Crippen LogP) is 2.36. The highest BCUT2D eigenvalue weighted by Gasteiger charge is 2.39. The van der Waals surface area contributed by atoms with Crippen LogP contribution in [0.15, 0.2) is 30.3 Å². The number of nitrogens with zero attached hydrogens (tertiary/aromatic N) is 2. The molecule has 124 valence electrons. The Balaban J connectivity index is 1.99. The van der Waals surface area contributed by atoms with Gasteiger partial charge in [0, 0.05) is 0 Å². The number of amides is 2. The second-order valence-corrected chi connectivity index (χ2v) is 6.17. The van der Waals surface area contributed by atoms with Crippen LogP contribution in [-0.2, 0) is 20.9 Å². The molecule has 23 heavy (non-hydrogen) atoms. The molecule has 0 aliphatic carbocycles. The van der Waals surface area contributed by atoms with E-state index in [1.807, 2.05) is 30.3 Å². The fourth-order valence-electron chi connectivity index (χ4n) is 1.99. The third kappa shape index (κ3) is 4.70. The largest absolute Gasteiger partial charge is 0.443 e. The Kier molecular flexibility index (Phi) is 4.88. The standard InChI is InChI=1S/C16H20N2O5/c1-16(2,3)23-15(21)18-10-13(19)9-17(18)14(20)22-11-12-7-5-4-6-8-12/h4-8H,9-11H2,1-3H3. The van der Waals surface area contributed by atoms with Crippen LogP contribution in [0.2, 0.25) is 0 Å². The van der Waals surface area contributed by atoms with Crippen LogP contribution in [-0.4, -0.2) is 46.7 Å². The van der Waals surface area contributed by atoms with E-state index in [1.165, 1.54) is 0 Å². The van der Waals surface area contributed by atoms with Crippen molar-refractivity contribution in [1.29, 1.82) is 0 Å². The molecule has 1 aliphatic rings. The van der Waals surface area contributed by atoms with Gasteiger partial charge in [-0.05, 0) is 26.3 Å². The minimum atomic E-state index is -0.759. The summed E-state index contributed by atoms with van der Waals surface area (Å²) in [6, 6.07) is 9.14. The first kappa shape index (κ1) is 16.8. The minimum absolute atomic E-state index is 0.0620. The molecule has 1 aromatic rings. The van der Waals surface area contributed by atoms with Gasteiger partial charge in [-0.2, -0.15) is 0 Å². The number of benzene rings is 1. The molecule has 7 heteroatoms. The maximum absolute atomic E-state index is 12.1. The normalized spacial score (nSPS) is 14.8. The number of carbonyl (C=O) groups is 3. The number of Topliss-reactive ketones (excluding diaryl/α,β-unsaturated/α-hetero) is 1. The van der Waals surface area contributed by atoms with Gasteiger partial charge in [-0.1, -0.05) is 30.3 Å². The van der Waals surface area contributed by atoms with E-state index in [0.29, 0.717) is 0 Å². The number of hydrazine groups is 1. The first-order valence-corrected chi connectivity index (χ1v) is 7.26. The number of hydrogen-bond acceptors (Lipinski definition) is 5. The summed E-state index contributed by atoms with van der Waals surface area (Å²) in [7, 11) is 0. The lowest BCUT2D eigenvalue weighted by Gasteiger charge is -2.29. The van der Waals surface area contributed by atoms with Crippen LogP contribution in [0.3, 0.4) is 0 Å². The summed E-state index contributed by atoms with van der Waals surface area (Å²) in [4.78, 5) is 35.9. The van der Waals surface area contributed by atoms with Gasteiger partial charge in [-0.15, -0.1) is 0 Å². The SMILES string of the molecule is CC(C)(C)OC(=O)N1CC(=O)CN1C(=O)OCc1ccccc1. The predicted molar refractivity (Wildman–Crippen MR) is 81.3 cm³/mol. The molecular weight excluding hydrogens is 300 g/mol. The molecule has 0 bridgehead atoms. The lowest BCUT2D eigenvalue weighted by molar-refractivity contribution is -0.116. The maximum atomic E-state index is 12.1. The van der Waals surface area contributed by atoms with Crippen LogP contribution < -0.4 is 0 Å². The summed E-state index contributed by atoms with van der Waals surface area (Å²) in [5.74, 6) is -0.257. The van der Waals surface area contributed by atoms with Crippen molar-refractivity contribution in [3.05, 3.63) is 35.9 Å². The highest BCUT2D eigenvalue weighted by molar-refractivity contribution is 5.92. The van der Waals surface area contributed by atoms with Crippen molar-refractivity contribution in [3.63, 3.8) is 0 Å². The molecule has 2 amide bonds. The average Bonchev–Trinajstić information content (AvgIpc) is 2.86. The second-order valence-electron chi connectivity index (χ2n) is 6.17. The zero-order valence-corrected chi connectivity index (χ0v) is 13.4. The Labute approximate surface area is 134 Å². The Bertz CT molecular complexity index is 594. The Morgan fingerprint density at radius 2 is 1.61 bits per heavy atom. The van der Waals surface area contributed by atoms with E-state index >= 15 is 0 Å². The highest BCUT2D eigenvalue weighted by atomic mass is 16.6. The van der Waals surface area contributed by atoms with Crippen molar-refractivity contribution < 1.29 is 23.9 Å². The Morgan fingerprint density at radius 3 is 2.17 bits per heavy atom. The monoisotopic (exact) mass is 320 g/mol. The molecule has 1 aliphatic heterocycles. The number of ether oxygens (including phenoxy) is 2. The summed E-state index contributed by atoms with van der Waals surface area (Å²) >= 11 is 0. The lowest BCUT2D eigenvalue weighted by Crippen LogP contribution is -2.47. The van der Waals surface area contributed by atoms with Crippen LogP contribution in [0.4, 0.5) is 9.59 Å². The smallest absolute Gasteiger partial charge is 0.429 e. The molecule has 1 fully saturated rings. The molecule has 0 spiro atoms. The number of ketones is 1. The molecule has 0 atom stereocenters. The van der Waals surface area contributed by atoms with Gasteiger partial charge in [0.2, 0.25) is 0 Å². The first-order chi connectivity index (χ1) is 10.8. The molecule has 1 saturated heterocycles. The van der Waals surface area contributed by atoms with E-state index in [2.05, 4.69) is 0 Å². The first-order valence-electron chi connectivity index (χ1n) is 7.26. The van der Waals surface area contributed by atoms with Crippen LogP contribution in [0.25, 0.3) is 0 Å². The van der Waals surface area contributed by atoms with E-state index < -0.39 is 17.8 Å². The van der Waals surface area contributed by atoms with Gasteiger partial charge in [0.1, 0.15) is 25.3 Å². The number of rotatable bonds is 2. The number of carbonyl (C=O) groups excluding carboxylic acids is 3. The average molecular weight is 320 g/mol. The topological polar surface area (TPSA) is 76.2 Å². The second kappa shape index (κ2) is 6.68. The van der Waals surface area contributed by atoms with Gasteiger partial charge < -0.3 is 9.47 Å². The maximum Gasteiger partial charge on any atom is 0.429 e. The van der Waals surface area contributed by atoms with Gasteiger partial charge in [0.15, 0.2) is 5.78 Å². The zero-order valence-electron chi connectivity index (χ0n) is 13.4. The highest BCUT2D eigenvalue weighted by Crippen LogP contribution is 2.16. The third-order valence-corrected chi connectivity index (χ3v) is 2.96. The van der Waals surface area contributed by atoms with Crippen molar-refractivity contribution in [2.24, 2.45) is 0 Å². The van der Waals surface area contributed by atoms with Crippen LogP contribution in [0.5, 0.6) is 0 Å². The van der Waals surface area contributed by atoms with Gasteiger partial charge in [0.25, 0.3) is 0 Å². The van der Waals surface area contributed by atoms with Crippen LogP contribution in [0, 0.1) is 0 Å². The molecule has 0 N–H and O–H groups in total.